The third-order valence-corrected chi connectivity index (χ3v) is 3.39. The predicted octanol–water partition coefficient (Wildman–Crippen LogP) is 2.78. The molecule has 20 heavy (non-hydrogen) atoms. The SMILES string of the molecule is O=C1CC(c2ccccc2)([N+](=O)[O-])Oc2ccccc21. The van der Waals surface area contributed by atoms with E-state index in [4.69, 9.17) is 4.74 Å². The van der Waals surface area contributed by atoms with Crippen LogP contribution in [0.25, 0.3) is 0 Å². The summed E-state index contributed by atoms with van der Waals surface area (Å²) in [6.07, 6.45) is -0.305. The van der Waals surface area contributed by atoms with Gasteiger partial charge < -0.3 is 4.74 Å². The highest BCUT2D eigenvalue weighted by molar-refractivity contribution is 6.00. The maximum absolute atomic E-state index is 12.2. The molecule has 2 aromatic carbocycles. The minimum absolute atomic E-state index is 0.254. The maximum atomic E-state index is 12.2. The van der Waals surface area contributed by atoms with Crippen LogP contribution in [-0.4, -0.2) is 10.7 Å². The molecule has 0 aromatic heterocycles. The van der Waals surface area contributed by atoms with Gasteiger partial charge in [-0.3, -0.25) is 14.9 Å². The van der Waals surface area contributed by atoms with Crippen LogP contribution in [0, 0.1) is 10.1 Å². The molecule has 1 aliphatic rings. The maximum Gasteiger partial charge on any atom is 0.397 e. The van der Waals surface area contributed by atoms with Crippen LogP contribution in [0.2, 0.25) is 0 Å². The lowest BCUT2D eigenvalue weighted by Crippen LogP contribution is -2.46. The van der Waals surface area contributed by atoms with E-state index in [2.05, 4.69) is 0 Å². The first-order valence-electron chi connectivity index (χ1n) is 6.15. The average Bonchev–Trinajstić information content (AvgIpc) is 2.48. The number of hydrogen-bond acceptors (Lipinski definition) is 4. The van der Waals surface area contributed by atoms with Crippen molar-refractivity contribution >= 4 is 5.78 Å². The van der Waals surface area contributed by atoms with E-state index in [0.29, 0.717) is 11.1 Å². The van der Waals surface area contributed by atoms with Gasteiger partial charge in [0, 0.05) is 0 Å². The Morgan fingerprint density at radius 3 is 2.40 bits per heavy atom. The first kappa shape index (κ1) is 12.3. The number of ether oxygens (including phenoxy) is 1. The minimum atomic E-state index is -1.84. The van der Waals surface area contributed by atoms with E-state index >= 15 is 0 Å². The number of nitro groups is 1. The van der Waals surface area contributed by atoms with E-state index < -0.39 is 10.6 Å². The summed E-state index contributed by atoms with van der Waals surface area (Å²) in [5.41, 5.74) is -1.08. The highest BCUT2D eigenvalue weighted by Gasteiger charge is 2.53. The Kier molecular flexibility index (Phi) is 2.75. The Balaban J connectivity index is 2.16. The Labute approximate surface area is 115 Å². The highest BCUT2D eigenvalue weighted by atomic mass is 16.7. The summed E-state index contributed by atoms with van der Waals surface area (Å²) in [6, 6.07) is 14.9. The summed E-state index contributed by atoms with van der Waals surface area (Å²) in [6.45, 7) is 0. The largest absolute Gasteiger partial charge is 0.423 e. The summed E-state index contributed by atoms with van der Waals surface area (Å²) in [5.74, 6) is -0.0308. The van der Waals surface area contributed by atoms with Crippen molar-refractivity contribution in [2.24, 2.45) is 0 Å². The van der Waals surface area contributed by atoms with Crippen LogP contribution in [0.4, 0.5) is 0 Å². The van der Waals surface area contributed by atoms with Crippen molar-refractivity contribution in [3.05, 3.63) is 75.8 Å². The fraction of sp³-hybridized carbons (Fsp3) is 0.133. The number of para-hydroxylation sites is 1. The molecular weight excluding hydrogens is 258 g/mol. The second-order valence-electron chi connectivity index (χ2n) is 4.61. The van der Waals surface area contributed by atoms with Crippen molar-refractivity contribution in [2.75, 3.05) is 0 Å². The van der Waals surface area contributed by atoms with Crippen molar-refractivity contribution in [1.29, 1.82) is 0 Å². The number of carbonyl (C=O) groups is 1. The van der Waals surface area contributed by atoms with Crippen LogP contribution in [0.3, 0.4) is 0 Å². The Morgan fingerprint density at radius 1 is 1.05 bits per heavy atom. The summed E-state index contributed by atoms with van der Waals surface area (Å²) in [5, 5.41) is 11.6. The van der Waals surface area contributed by atoms with Crippen molar-refractivity contribution in [2.45, 2.75) is 12.1 Å². The van der Waals surface area contributed by atoms with Gasteiger partial charge in [-0.1, -0.05) is 30.3 Å². The zero-order valence-electron chi connectivity index (χ0n) is 10.5. The van der Waals surface area contributed by atoms with Gasteiger partial charge >= 0.3 is 5.72 Å². The van der Waals surface area contributed by atoms with Gasteiger partial charge in [0.2, 0.25) is 0 Å². The molecule has 100 valence electrons. The summed E-state index contributed by atoms with van der Waals surface area (Å²) < 4.78 is 5.62. The molecule has 5 nitrogen and oxygen atoms in total. The molecule has 2 aromatic rings. The molecule has 0 fully saturated rings. The predicted molar refractivity (Wildman–Crippen MR) is 71.1 cm³/mol. The third-order valence-electron chi connectivity index (χ3n) is 3.39. The number of Topliss-reactive ketones (excluding diaryl/α,β-unsaturated/α-hetero) is 1. The number of carbonyl (C=O) groups excluding carboxylic acids is 1. The average molecular weight is 269 g/mol. The minimum Gasteiger partial charge on any atom is -0.423 e. The molecule has 0 aliphatic carbocycles. The third kappa shape index (κ3) is 1.75. The molecule has 0 radical (unpaired) electrons. The molecule has 0 bridgehead atoms. The first-order chi connectivity index (χ1) is 9.63. The molecule has 0 saturated carbocycles. The first-order valence-corrected chi connectivity index (χ1v) is 6.15. The lowest BCUT2D eigenvalue weighted by Gasteiger charge is -2.30. The summed E-state index contributed by atoms with van der Waals surface area (Å²) >= 11 is 0. The monoisotopic (exact) mass is 269 g/mol. The van der Waals surface area contributed by atoms with Crippen LogP contribution >= 0.6 is 0 Å². The second kappa shape index (κ2) is 4.45. The quantitative estimate of drug-likeness (QED) is 0.621. The normalized spacial score (nSPS) is 20.9. The van der Waals surface area contributed by atoms with E-state index in [-0.39, 0.29) is 18.0 Å². The fourth-order valence-corrected chi connectivity index (χ4v) is 2.38. The lowest BCUT2D eigenvalue weighted by atomic mass is 9.91. The fourth-order valence-electron chi connectivity index (χ4n) is 2.38. The van der Waals surface area contributed by atoms with Gasteiger partial charge in [-0.15, -0.1) is 0 Å². The van der Waals surface area contributed by atoms with Gasteiger partial charge in [0.05, 0.1) is 16.1 Å². The molecule has 1 heterocycles. The van der Waals surface area contributed by atoms with E-state index in [1.165, 1.54) is 0 Å². The number of benzene rings is 2. The van der Waals surface area contributed by atoms with Gasteiger partial charge in [0.15, 0.2) is 5.78 Å². The van der Waals surface area contributed by atoms with Crippen molar-refractivity contribution in [3.63, 3.8) is 0 Å². The van der Waals surface area contributed by atoms with Crippen LogP contribution < -0.4 is 4.74 Å². The van der Waals surface area contributed by atoms with Crippen LogP contribution in [-0.2, 0) is 5.72 Å². The number of hydrogen-bond donors (Lipinski definition) is 0. The molecule has 1 atom stereocenters. The molecule has 1 unspecified atom stereocenters. The van der Waals surface area contributed by atoms with Gasteiger partial charge in [0.1, 0.15) is 12.2 Å². The lowest BCUT2D eigenvalue weighted by molar-refractivity contribution is -0.626. The second-order valence-corrected chi connectivity index (χ2v) is 4.61. The smallest absolute Gasteiger partial charge is 0.397 e. The molecule has 1 aliphatic heterocycles. The number of fused-ring (bicyclic) bond motifs is 1. The Bertz CT molecular complexity index is 683. The molecular formula is C15H11NO4. The van der Waals surface area contributed by atoms with E-state index in [0.717, 1.165) is 0 Å². The summed E-state index contributed by atoms with van der Waals surface area (Å²) in [4.78, 5) is 23.2. The standard InChI is InChI=1S/C15H11NO4/c17-13-10-15(16(18)19,11-6-2-1-3-7-11)20-14-9-5-4-8-12(13)14/h1-9H,10H2. The van der Waals surface area contributed by atoms with Gasteiger partial charge in [-0.25, -0.2) is 0 Å². The van der Waals surface area contributed by atoms with E-state index in [1.807, 2.05) is 0 Å². The van der Waals surface area contributed by atoms with Crippen molar-refractivity contribution < 1.29 is 14.5 Å². The summed E-state index contributed by atoms with van der Waals surface area (Å²) in [7, 11) is 0. The number of rotatable bonds is 2. The highest BCUT2D eigenvalue weighted by Crippen LogP contribution is 2.39. The molecule has 0 saturated heterocycles. The molecule has 3 rings (SSSR count). The van der Waals surface area contributed by atoms with E-state index in [1.54, 1.807) is 54.6 Å². The molecule has 0 amide bonds. The van der Waals surface area contributed by atoms with Crippen LogP contribution in [0.5, 0.6) is 5.75 Å². The number of ketones is 1. The molecule has 0 N–H and O–H groups in total. The van der Waals surface area contributed by atoms with Crippen LogP contribution in [0.1, 0.15) is 22.3 Å². The van der Waals surface area contributed by atoms with Crippen molar-refractivity contribution in [1.82, 2.24) is 0 Å². The van der Waals surface area contributed by atoms with Gasteiger partial charge in [-0.05, 0) is 24.3 Å². The van der Waals surface area contributed by atoms with E-state index in [9.17, 15) is 14.9 Å². The Hall–Kier alpha value is -2.69. The van der Waals surface area contributed by atoms with Crippen LogP contribution in [0.15, 0.2) is 54.6 Å². The van der Waals surface area contributed by atoms with Gasteiger partial charge in [-0.2, -0.15) is 0 Å². The number of nitrogens with zero attached hydrogens (tertiary/aromatic N) is 1. The topological polar surface area (TPSA) is 69.4 Å². The zero-order chi connectivity index (χ0) is 14.2. The molecule has 0 spiro atoms. The Morgan fingerprint density at radius 2 is 1.70 bits per heavy atom. The zero-order valence-corrected chi connectivity index (χ0v) is 10.5. The van der Waals surface area contributed by atoms with Crippen molar-refractivity contribution in [3.8, 4) is 5.75 Å². The molecule has 5 heteroatoms. The van der Waals surface area contributed by atoms with Gasteiger partial charge in [0.25, 0.3) is 0 Å².